The second-order valence-corrected chi connectivity index (χ2v) is 11.2. The average Bonchev–Trinajstić information content (AvgIpc) is 3.35. The molecule has 0 radical (unpaired) electrons. The number of fused-ring (bicyclic) bond motifs is 1. The summed E-state index contributed by atoms with van der Waals surface area (Å²) in [6.07, 6.45) is -6.73. The highest BCUT2D eigenvalue weighted by Gasteiger charge is 2.64. The summed E-state index contributed by atoms with van der Waals surface area (Å²) in [6, 6.07) is 0. The number of hydrogen-bond acceptors (Lipinski definition) is 17. The largest absolute Gasteiger partial charge is 0.510 e. The van der Waals surface area contributed by atoms with Crippen LogP contribution in [0, 0.1) is 0 Å². The molecule has 1 fully saturated rings. The second kappa shape index (κ2) is 12.9. The maximum absolute atomic E-state index is 16.0. The summed E-state index contributed by atoms with van der Waals surface area (Å²) < 4.78 is 68.6. The number of carbonyl (C=O) groups excluding carboxylic acids is 2. The highest BCUT2D eigenvalue weighted by atomic mass is 31.2. The summed E-state index contributed by atoms with van der Waals surface area (Å²) in [4.78, 5) is 45.3. The van der Waals surface area contributed by atoms with E-state index >= 15 is 4.39 Å². The number of nitrogens with one attached hydrogen (secondary N) is 1. The molecule has 1 aliphatic rings. The number of ether oxygens (including phenoxy) is 5. The molecule has 21 heteroatoms. The van der Waals surface area contributed by atoms with E-state index < -0.39 is 81.9 Å². The highest BCUT2D eigenvalue weighted by Crippen LogP contribution is 2.53. The summed E-state index contributed by atoms with van der Waals surface area (Å²) in [6.45, 7) is 3.50. The van der Waals surface area contributed by atoms with Gasteiger partial charge in [0.2, 0.25) is 19.5 Å². The van der Waals surface area contributed by atoms with Crippen molar-refractivity contribution in [1.29, 1.82) is 0 Å². The van der Waals surface area contributed by atoms with Gasteiger partial charge >= 0.3 is 20.1 Å². The standard InChI is InChI=1S/C21H31FN5O14P/c1-10(2)39-18(30)34-8-37-42(33,38-9-35-19(31)40-11(3)4)36-6-21(22)15(29)20(5,32)16(41-21)27-7-24-12-13(27)25-17(23)26-14(12)28/h7,10-11,15-16,29,32H,6,8-9H2,1-5H3,(H3,23,25,26,28)/t15-,16?,20+,21+/m0/s1. The Kier molecular flexibility index (Phi) is 10.1. The van der Waals surface area contributed by atoms with Crippen molar-refractivity contribution in [3.63, 3.8) is 0 Å². The molecular formula is C21H31FN5O14P. The first kappa shape index (κ1) is 33.1. The molecule has 3 heterocycles. The monoisotopic (exact) mass is 627 g/mol. The van der Waals surface area contributed by atoms with E-state index in [0.717, 1.165) is 17.8 Å². The third kappa shape index (κ3) is 7.71. The molecule has 236 valence electrons. The topological polar surface area (TPSA) is 255 Å². The van der Waals surface area contributed by atoms with Crippen LogP contribution in [0.25, 0.3) is 11.2 Å². The fourth-order valence-corrected chi connectivity index (χ4v) is 4.44. The van der Waals surface area contributed by atoms with Crippen molar-refractivity contribution in [2.75, 3.05) is 25.9 Å². The van der Waals surface area contributed by atoms with Gasteiger partial charge in [-0.3, -0.25) is 18.9 Å². The molecular weight excluding hydrogens is 596 g/mol. The number of H-pyrrole nitrogens is 1. The number of aliphatic hydroxyl groups is 2. The Balaban J connectivity index is 1.77. The number of aromatic amines is 1. The molecule has 3 rings (SSSR count). The summed E-state index contributed by atoms with van der Waals surface area (Å²) in [5.74, 6) is -3.63. The number of carbonyl (C=O) groups is 2. The molecule has 0 aliphatic carbocycles. The van der Waals surface area contributed by atoms with E-state index in [-0.39, 0.29) is 17.1 Å². The Morgan fingerprint density at radius 1 is 1.17 bits per heavy atom. The smallest absolute Gasteiger partial charge is 0.432 e. The van der Waals surface area contributed by atoms with Crippen LogP contribution in [0.3, 0.4) is 0 Å². The van der Waals surface area contributed by atoms with Crippen molar-refractivity contribution in [2.24, 2.45) is 0 Å². The minimum atomic E-state index is -4.97. The third-order valence-corrected chi connectivity index (χ3v) is 6.62. The van der Waals surface area contributed by atoms with Gasteiger partial charge in [0, 0.05) is 0 Å². The number of aromatic nitrogens is 4. The van der Waals surface area contributed by atoms with E-state index in [2.05, 4.69) is 24.4 Å². The lowest BCUT2D eigenvalue weighted by molar-refractivity contribution is -0.205. The highest BCUT2D eigenvalue weighted by molar-refractivity contribution is 7.48. The SMILES string of the molecule is CC(C)OC(=O)OCOP(=O)(OCOC(=O)OC(C)C)OC[C@@]1(F)OC(n2cnc3c(=O)[nH]c(N)nc32)[C@](C)(O)[C@@H]1O. The van der Waals surface area contributed by atoms with E-state index in [1.54, 1.807) is 0 Å². The lowest BCUT2D eigenvalue weighted by Crippen LogP contribution is -2.49. The van der Waals surface area contributed by atoms with Crippen LogP contribution in [0.4, 0.5) is 19.9 Å². The summed E-state index contributed by atoms with van der Waals surface area (Å²) in [7, 11) is -4.97. The number of nitrogens with two attached hydrogens (primary N) is 1. The lowest BCUT2D eigenvalue weighted by Gasteiger charge is -2.28. The Hall–Kier alpha value is -3.39. The van der Waals surface area contributed by atoms with Crippen LogP contribution < -0.4 is 11.3 Å². The van der Waals surface area contributed by atoms with Crippen LogP contribution >= 0.6 is 7.82 Å². The molecule has 1 unspecified atom stereocenters. The zero-order valence-corrected chi connectivity index (χ0v) is 23.9. The first-order chi connectivity index (χ1) is 19.5. The zero-order valence-electron chi connectivity index (χ0n) is 23.0. The van der Waals surface area contributed by atoms with Crippen molar-refractivity contribution in [1.82, 2.24) is 19.5 Å². The van der Waals surface area contributed by atoms with Crippen LogP contribution in [0.5, 0.6) is 0 Å². The van der Waals surface area contributed by atoms with Gasteiger partial charge in [0.15, 0.2) is 17.4 Å². The first-order valence-corrected chi connectivity index (χ1v) is 13.6. The van der Waals surface area contributed by atoms with E-state index in [9.17, 15) is 29.2 Å². The number of anilines is 1. The van der Waals surface area contributed by atoms with E-state index in [1.807, 2.05) is 0 Å². The summed E-state index contributed by atoms with van der Waals surface area (Å²) >= 11 is 0. The summed E-state index contributed by atoms with van der Waals surface area (Å²) in [5, 5.41) is 21.6. The van der Waals surface area contributed by atoms with Crippen molar-refractivity contribution in [3.05, 3.63) is 16.7 Å². The Morgan fingerprint density at radius 2 is 1.71 bits per heavy atom. The Morgan fingerprint density at radius 3 is 2.24 bits per heavy atom. The molecule has 4 atom stereocenters. The zero-order chi connectivity index (χ0) is 31.5. The van der Waals surface area contributed by atoms with Crippen LogP contribution in [-0.2, 0) is 41.8 Å². The average molecular weight is 627 g/mol. The number of alkyl halides is 1. The van der Waals surface area contributed by atoms with Crippen LogP contribution in [0.15, 0.2) is 11.1 Å². The van der Waals surface area contributed by atoms with E-state index in [1.165, 1.54) is 27.7 Å². The third-order valence-electron chi connectivity index (χ3n) is 5.33. The summed E-state index contributed by atoms with van der Waals surface area (Å²) in [5.41, 5.74) is 1.96. The van der Waals surface area contributed by atoms with Crippen molar-refractivity contribution in [3.8, 4) is 0 Å². The van der Waals surface area contributed by atoms with Gasteiger partial charge in [-0.1, -0.05) is 0 Å². The van der Waals surface area contributed by atoms with Gasteiger partial charge in [0.1, 0.15) is 18.3 Å². The molecule has 1 aliphatic heterocycles. The van der Waals surface area contributed by atoms with Gasteiger partial charge in [0.25, 0.3) is 11.4 Å². The number of phosphoric acid groups is 1. The predicted octanol–water partition coefficient (Wildman–Crippen LogP) is 1.20. The number of hydrogen-bond donors (Lipinski definition) is 4. The molecule has 0 aromatic carbocycles. The van der Waals surface area contributed by atoms with Gasteiger partial charge in [0.05, 0.1) is 18.5 Å². The first-order valence-electron chi connectivity index (χ1n) is 12.2. The molecule has 5 N–H and O–H groups in total. The molecule has 19 nitrogen and oxygen atoms in total. The van der Waals surface area contributed by atoms with E-state index in [0.29, 0.717) is 0 Å². The molecule has 0 amide bonds. The minimum absolute atomic E-state index is 0.216. The van der Waals surface area contributed by atoms with Crippen LogP contribution in [0.2, 0.25) is 0 Å². The van der Waals surface area contributed by atoms with Crippen molar-refractivity contribution in [2.45, 2.75) is 70.6 Å². The molecule has 1 saturated heterocycles. The number of halogens is 1. The van der Waals surface area contributed by atoms with Crippen LogP contribution in [-0.4, -0.2) is 92.0 Å². The number of aliphatic hydroxyl groups excluding tert-OH is 1. The van der Waals surface area contributed by atoms with Crippen molar-refractivity contribution < 1.29 is 66.0 Å². The molecule has 2 aromatic heterocycles. The normalized spacial score (nSPS) is 24.3. The predicted molar refractivity (Wildman–Crippen MR) is 134 cm³/mol. The molecule has 0 saturated carbocycles. The maximum atomic E-state index is 16.0. The Bertz CT molecular complexity index is 1350. The number of rotatable bonds is 12. The van der Waals surface area contributed by atoms with Gasteiger partial charge in [-0.05, 0) is 34.6 Å². The fraction of sp³-hybridized carbons (Fsp3) is 0.667. The number of nitrogen functional groups attached to an aromatic ring is 1. The number of nitrogens with zero attached hydrogens (tertiary/aromatic N) is 3. The number of imidazole rings is 1. The minimum Gasteiger partial charge on any atom is -0.432 e. The van der Waals surface area contributed by atoms with E-state index in [4.69, 9.17) is 33.5 Å². The molecule has 2 aromatic rings. The molecule has 42 heavy (non-hydrogen) atoms. The molecule has 0 spiro atoms. The van der Waals surface area contributed by atoms with Gasteiger partial charge in [-0.15, -0.1) is 0 Å². The maximum Gasteiger partial charge on any atom is 0.510 e. The van der Waals surface area contributed by atoms with Crippen molar-refractivity contribution >= 4 is 37.2 Å². The Labute approximate surface area is 236 Å². The van der Waals surface area contributed by atoms with Gasteiger partial charge in [-0.2, -0.15) is 4.98 Å². The second-order valence-electron chi connectivity index (χ2n) is 9.50. The number of phosphoric ester groups is 1. The van der Waals surface area contributed by atoms with Gasteiger partial charge < -0.3 is 39.6 Å². The van der Waals surface area contributed by atoms with Crippen LogP contribution in [0.1, 0.15) is 40.8 Å². The quantitative estimate of drug-likeness (QED) is 0.146. The lowest BCUT2D eigenvalue weighted by atomic mass is 9.95. The molecule has 0 bridgehead atoms. The fourth-order valence-electron chi connectivity index (χ4n) is 3.52. The van der Waals surface area contributed by atoms with Gasteiger partial charge in [-0.25, -0.2) is 32.6 Å².